The van der Waals surface area contributed by atoms with Gasteiger partial charge in [0.25, 0.3) is 0 Å². The van der Waals surface area contributed by atoms with E-state index in [-0.39, 0.29) is 18.5 Å². The maximum atomic E-state index is 13.1. The largest absolute Gasteiger partial charge is 0.454 e. The number of nitrogens with one attached hydrogen (secondary N) is 1. The Morgan fingerprint density at radius 3 is 2.92 bits per heavy atom. The second kappa shape index (κ2) is 5.38. The molecule has 5 heteroatoms. The number of fused-ring (bicyclic) bond motifs is 4. The number of aromatic nitrogens is 1. The van der Waals surface area contributed by atoms with E-state index >= 15 is 0 Å². The zero-order valence-electron chi connectivity index (χ0n) is 13.1. The summed E-state index contributed by atoms with van der Waals surface area (Å²) in [5.74, 6) is 1.72. The lowest BCUT2D eigenvalue weighted by molar-refractivity contribution is 0.0959. The number of ether oxygens (including phenoxy) is 2. The zero-order valence-corrected chi connectivity index (χ0v) is 13.9. The molecule has 1 atom stereocenters. The van der Waals surface area contributed by atoms with Crippen LogP contribution in [0.5, 0.6) is 11.5 Å². The quantitative estimate of drug-likeness (QED) is 0.546. The normalized spacial score (nSPS) is 19.2. The van der Waals surface area contributed by atoms with Crippen LogP contribution in [0.25, 0.3) is 10.9 Å². The number of hydrogen-bond donors (Lipinski definition) is 1. The highest BCUT2D eigenvalue weighted by atomic mass is 32.1. The van der Waals surface area contributed by atoms with Gasteiger partial charge in [0, 0.05) is 22.7 Å². The van der Waals surface area contributed by atoms with Crippen molar-refractivity contribution in [3.63, 3.8) is 0 Å². The van der Waals surface area contributed by atoms with Crippen molar-refractivity contribution < 1.29 is 14.3 Å². The molecule has 1 aromatic carbocycles. The van der Waals surface area contributed by atoms with Crippen molar-refractivity contribution in [1.82, 2.24) is 4.98 Å². The van der Waals surface area contributed by atoms with E-state index < -0.39 is 0 Å². The summed E-state index contributed by atoms with van der Waals surface area (Å²) in [6.45, 7) is 0.266. The average molecular weight is 339 g/mol. The Hall–Kier alpha value is -2.27. The van der Waals surface area contributed by atoms with E-state index in [0.717, 1.165) is 53.0 Å². The van der Waals surface area contributed by atoms with E-state index in [9.17, 15) is 4.79 Å². The van der Waals surface area contributed by atoms with E-state index in [2.05, 4.69) is 4.98 Å². The van der Waals surface area contributed by atoms with Gasteiger partial charge >= 0.3 is 0 Å². The molecule has 0 saturated heterocycles. The van der Waals surface area contributed by atoms with Crippen LogP contribution in [0, 0.1) is 0 Å². The molecule has 2 aliphatic rings. The first-order chi connectivity index (χ1) is 11.8. The maximum absolute atomic E-state index is 13.1. The summed E-state index contributed by atoms with van der Waals surface area (Å²) in [4.78, 5) is 17.5. The van der Waals surface area contributed by atoms with E-state index in [4.69, 9.17) is 9.47 Å². The third-order valence-electron chi connectivity index (χ3n) is 5.01. The van der Waals surface area contributed by atoms with Crippen molar-refractivity contribution >= 4 is 28.0 Å². The molecule has 0 radical (unpaired) electrons. The number of ketones is 1. The minimum absolute atomic E-state index is 0.0738. The number of aryl methyl sites for hydroxylation is 1. The first-order valence-corrected chi connectivity index (χ1v) is 9.21. The van der Waals surface area contributed by atoms with Crippen molar-refractivity contribution in [3.05, 3.63) is 45.8 Å². The predicted molar refractivity (Wildman–Crippen MR) is 93.4 cm³/mol. The van der Waals surface area contributed by atoms with Gasteiger partial charge in [-0.15, -0.1) is 11.3 Å². The van der Waals surface area contributed by atoms with Crippen molar-refractivity contribution in [2.24, 2.45) is 0 Å². The van der Waals surface area contributed by atoms with Crippen LogP contribution in [0.3, 0.4) is 0 Å². The second-order valence-corrected chi connectivity index (χ2v) is 7.36. The number of thiophene rings is 1. The minimum atomic E-state index is -0.0738. The average Bonchev–Trinajstić information content (AvgIpc) is 3.29. The first-order valence-electron chi connectivity index (χ1n) is 8.33. The lowest BCUT2D eigenvalue weighted by Crippen LogP contribution is -2.12. The maximum Gasteiger partial charge on any atom is 0.231 e. The topological polar surface area (TPSA) is 51.3 Å². The minimum Gasteiger partial charge on any atom is -0.454 e. The SMILES string of the molecule is O=C(c1cccs1)C1CCCCc2[nH]c3cc4c(cc3c21)OCO4. The van der Waals surface area contributed by atoms with Crippen LogP contribution < -0.4 is 9.47 Å². The summed E-state index contributed by atoms with van der Waals surface area (Å²) in [5.41, 5.74) is 3.40. The Balaban J connectivity index is 1.69. The third kappa shape index (κ3) is 2.08. The number of rotatable bonds is 2. The Bertz CT molecular complexity index is 926. The molecule has 0 spiro atoms. The summed E-state index contributed by atoms with van der Waals surface area (Å²) in [6.07, 6.45) is 4.09. The van der Waals surface area contributed by atoms with Crippen molar-refractivity contribution in [3.8, 4) is 11.5 Å². The lowest BCUT2D eigenvalue weighted by Gasteiger charge is -2.14. The molecule has 1 aliphatic carbocycles. The first kappa shape index (κ1) is 14.1. The molecule has 1 unspecified atom stereocenters. The molecule has 0 amide bonds. The fourth-order valence-electron chi connectivity index (χ4n) is 3.90. The zero-order chi connectivity index (χ0) is 16.1. The van der Waals surface area contributed by atoms with Gasteiger partial charge in [-0.05, 0) is 42.3 Å². The molecule has 2 aromatic heterocycles. The standard InChI is InChI=1S/C19H17NO3S/c21-19(17-6-3-7-24-17)11-4-1-2-5-13-18(11)12-8-15-16(23-10-22-15)9-14(12)20-13/h3,6-9,11,20H,1-2,4-5,10H2. The summed E-state index contributed by atoms with van der Waals surface area (Å²) >= 11 is 1.53. The monoisotopic (exact) mass is 339 g/mol. The number of Topliss-reactive ketones (excluding diaryl/α,β-unsaturated/α-hetero) is 1. The van der Waals surface area contributed by atoms with Crippen LogP contribution in [0.2, 0.25) is 0 Å². The number of aromatic amines is 1. The molecule has 0 fully saturated rings. The van der Waals surface area contributed by atoms with Gasteiger partial charge in [-0.2, -0.15) is 0 Å². The fourth-order valence-corrected chi connectivity index (χ4v) is 4.62. The number of benzene rings is 1. The Kier molecular flexibility index (Phi) is 3.16. The highest BCUT2D eigenvalue weighted by molar-refractivity contribution is 7.12. The molecule has 0 saturated carbocycles. The van der Waals surface area contributed by atoms with Crippen LogP contribution in [0.1, 0.15) is 46.1 Å². The van der Waals surface area contributed by atoms with Gasteiger partial charge in [0.1, 0.15) is 0 Å². The molecule has 122 valence electrons. The lowest BCUT2D eigenvalue weighted by atomic mass is 9.89. The van der Waals surface area contributed by atoms with E-state index in [1.807, 2.05) is 29.6 Å². The van der Waals surface area contributed by atoms with Gasteiger partial charge < -0.3 is 14.5 Å². The van der Waals surface area contributed by atoms with Crippen LogP contribution in [-0.4, -0.2) is 17.6 Å². The highest BCUT2D eigenvalue weighted by Crippen LogP contribution is 2.43. The number of carbonyl (C=O) groups excluding carboxylic acids is 1. The van der Waals surface area contributed by atoms with Gasteiger partial charge in [-0.3, -0.25) is 4.79 Å². The number of hydrogen-bond acceptors (Lipinski definition) is 4. The molecule has 24 heavy (non-hydrogen) atoms. The van der Waals surface area contributed by atoms with E-state index in [1.165, 1.54) is 22.6 Å². The summed E-state index contributed by atoms with van der Waals surface area (Å²) in [7, 11) is 0. The van der Waals surface area contributed by atoms with Crippen LogP contribution in [0.4, 0.5) is 0 Å². The van der Waals surface area contributed by atoms with E-state index in [1.54, 1.807) is 0 Å². The number of carbonyl (C=O) groups is 1. The van der Waals surface area contributed by atoms with Crippen molar-refractivity contribution in [2.75, 3.05) is 6.79 Å². The van der Waals surface area contributed by atoms with Gasteiger partial charge in [0.15, 0.2) is 17.3 Å². The summed E-state index contributed by atoms with van der Waals surface area (Å²) in [6, 6.07) is 7.91. The summed E-state index contributed by atoms with van der Waals surface area (Å²) in [5, 5.41) is 3.07. The molecular weight excluding hydrogens is 322 g/mol. The predicted octanol–water partition coefficient (Wildman–Crippen LogP) is 4.65. The van der Waals surface area contributed by atoms with Gasteiger partial charge in [0.2, 0.25) is 6.79 Å². The van der Waals surface area contributed by atoms with Gasteiger partial charge in [-0.25, -0.2) is 0 Å². The van der Waals surface area contributed by atoms with Crippen LogP contribution in [0.15, 0.2) is 29.6 Å². The Morgan fingerprint density at radius 1 is 1.21 bits per heavy atom. The highest BCUT2D eigenvalue weighted by Gasteiger charge is 2.31. The van der Waals surface area contributed by atoms with E-state index in [0.29, 0.717) is 0 Å². The summed E-state index contributed by atoms with van der Waals surface area (Å²) < 4.78 is 11.0. The van der Waals surface area contributed by atoms with Crippen molar-refractivity contribution in [1.29, 1.82) is 0 Å². The second-order valence-electron chi connectivity index (χ2n) is 6.41. The third-order valence-corrected chi connectivity index (χ3v) is 5.90. The van der Waals surface area contributed by atoms with Gasteiger partial charge in [-0.1, -0.05) is 12.5 Å². The van der Waals surface area contributed by atoms with Gasteiger partial charge in [0.05, 0.1) is 10.8 Å². The molecule has 3 aromatic rings. The molecular formula is C19H17NO3S. The Morgan fingerprint density at radius 2 is 2.08 bits per heavy atom. The molecule has 0 bridgehead atoms. The van der Waals surface area contributed by atoms with Crippen LogP contribution in [-0.2, 0) is 6.42 Å². The van der Waals surface area contributed by atoms with Crippen LogP contribution >= 0.6 is 11.3 Å². The Labute approximate surface area is 143 Å². The molecule has 1 N–H and O–H groups in total. The fraction of sp³-hybridized carbons (Fsp3) is 0.316. The molecule has 3 heterocycles. The molecule has 4 nitrogen and oxygen atoms in total. The van der Waals surface area contributed by atoms with Crippen molar-refractivity contribution in [2.45, 2.75) is 31.6 Å². The molecule has 5 rings (SSSR count). The number of H-pyrrole nitrogens is 1. The smallest absolute Gasteiger partial charge is 0.231 e. The molecule has 1 aliphatic heterocycles.